The van der Waals surface area contributed by atoms with Gasteiger partial charge in [-0.1, -0.05) is 13.8 Å². The molecule has 1 aliphatic carbocycles. The Morgan fingerprint density at radius 3 is 2.50 bits per heavy atom. The molecule has 6 nitrogen and oxygen atoms in total. The van der Waals surface area contributed by atoms with Crippen LogP contribution in [0.15, 0.2) is 23.1 Å². The van der Waals surface area contributed by atoms with Crippen LogP contribution in [0.2, 0.25) is 0 Å². The predicted octanol–water partition coefficient (Wildman–Crippen LogP) is 2.56. The van der Waals surface area contributed by atoms with E-state index in [2.05, 4.69) is 10.6 Å². The van der Waals surface area contributed by atoms with Crippen molar-refractivity contribution in [3.63, 3.8) is 0 Å². The first kappa shape index (κ1) is 19.0. The zero-order valence-corrected chi connectivity index (χ0v) is 16.0. The molecule has 0 spiro atoms. The van der Waals surface area contributed by atoms with E-state index in [9.17, 15) is 8.42 Å². The number of sulfonamides is 1. The highest BCUT2D eigenvalue weighted by Gasteiger charge is 2.24. The summed E-state index contributed by atoms with van der Waals surface area (Å²) in [4.78, 5) is 0.228. The van der Waals surface area contributed by atoms with Gasteiger partial charge in [0.1, 0.15) is 5.75 Å². The normalized spacial score (nSPS) is 14.5. The van der Waals surface area contributed by atoms with Crippen LogP contribution in [0.4, 0.5) is 5.69 Å². The maximum atomic E-state index is 12.7. The van der Waals surface area contributed by atoms with E-state index < -0.39 is 10.0 Å². The van der Waals surface area contributed by atoms with E-state index in [1.54, 1.807) is 18.2 Å². The summed E-state index contributed by atoms with van der Waals surface area (Å²) >= 11 is 5.29. The third kappa shape index (κ3) is 4.58. The zero-order chi connectivity index (χ0) is 17.7. The molecule has 0 unspecified atom stereocenters. The van der Waals surface area contributed by atoms with Gasteiger partial charge in [-0.3, -0.25) is 0 Å². The summed E-state index contributed by atoms with van der Waals surface area (Å²) in [5.74, 6) is 0.580. The average Bonchev–Trinajstić information content (AvgIpc) is 3.33. The molecule has 1 fully saturated rings. The minimum absolute atomic E-state index is 0.228. The van der Waals surface area contributed by atoms with Crippen LogP contribution in [0.3, 0.4) is 0 Å². The summed E-state index contributed by atoms with van der Waals surface area (Å²) in [5.41, 5.74) is 0.559. The lowest BCUT2D eigenvalue weighted by atomic mass is 10.3. The molecule has 2 N–H and O–H groups in total. The Morgan fingerprint density at radius 2 is 1.96 bits per heavy atom. The number of hydrogen-bond donors (Lipinski definition) is 2. The maximum absolute atomic E-state index is 12.7. The van der Waals surface area contributed by atoms with Gasteiger partial charge < -0.3 is 15.4 Å². The first-order valence-corrected chi connectivity index (χ1v) is 10.1. The number of nitrogens with zero attached hydrogens (tertiary/aromatic N) is 1. The van der Waals surface area contributed by atoms with Gasteiger partial charge in [-0.15, -0.1) is 0 Å². The van der Waals surface area contributed by atoms with E-state index >= 15 is 0 Å². The van der Waals surface area contributed by atoms with Gasteiger partial charge in [0.05, 0.1) is 17.2 Å². The molecule has 0 atom stereocenters. The number of nitrogens with one attached hydrogen (secondary N) is 2. The molecule has 0 saturated heterocycles. The van der Waals surface area contributed by atoms with Crippen molar-refractivity contribution >= 4 is 33.0 Å². The second kappa shape index (κ2) is 8.13. The number of hydrogen-bond acceptors (Lipinski definition) is 4. The van der Waals surface area contributed by atoms with Crippen LogP contribution in [-0.2, 0) is 10.0 Å². The van der Waals surface area contributed by atoms with Crippen molar-refractivity contribution in [3.8, 4) is 5.75 Å². The van der Waals surface area contributed by atoms with Crippen LogP contribution >= 0.6 is 12.2 Å². The fourth-order valence-electron chi connectivity index (χ4n) is 2.33. The molecule has 0 radical (unpaired) electrons. The van der Waals surface area contributed by atoms with Gasteiger partial charge in [0, 0.05) is 19.1 Å². The van der Waals surface area contributed by atoms with Crippen LogP contribution < -0.4 is 15.4 Å². The summed E-state index contributed by atoms with van der Waals surface area (Å²) in [7, 11) is -3.53. The maximum Gasteiger partial charge on any atom is 0.243 e. The Labute approximate surface area is 149 Å². The number of benzene rings is 1. The predicted molar refractivity (Wildman–Crippen MR) is 100 cm³/mol. The highest BCUT2D eigenvalue weighted by molar-refractivity contribution is 7.89. The topological polar surface area (TPSA) is 70.7 Å². The Morgan fingerprint density at radius 1 is 1.29 bits per heavy atom. The summed E-state index contributed by atoms with van der Waals surface area (Å²) in [6, 6.07) is 5.24. The van der Waals surface area contributed by atoms with Crippen molar-refractivity contribution in [3.05, 3.63) is 18.2 Å². The Hall–Kier alpha value is -1.38. The van der Waals surface area contributed by atoms with Gasteiger partial charge in [0.15, 0.2) is 5.11 Å². The number of anilines is 1. The molecule has 0 amide bonds. The number of rotatable bonds is 8. The quantitative estimate of drug-likeness (QED) is 0.685. The smallest absolute Gasteiger partial charge is 0.243 e. The van der Waals surface area contributed by atoms with Crippen molar-refractivity contribution in [2.45, 2.75) is 44.6 Å². The second-order valence-corrected chi connectivity index (χ2v) is 7.90. The van der Waals surface area contributed by atoms with Gasteiger partial charge in [0.25, 0.3) is 0 Å². The molecular weight excluding hydrogens is 346 g/mol. The van der Waals surface area contributed by atoms with Gasteiger partial charge >= 0.3 is 0 Å². The van der Waals surface area contributed by atoms with E-state index in [0.29, 0.717) is 42.3 Å². The number of ether oxygens (including phenoxy) is 1. The molecule has 0 aromatic heterocycles. The Balaban J connectivity index is 2.30. The van der Waals surface area contributed by atoms with Crippen molar-refractivity contribution in [2.24, 2.45) is 0 Å². The van der Waals surface area contributed by atoms with E-state index in [1.165, 1.54) is 4.31 Å². The highest BCUT2D eigenvalue weighted by atomic mass is 32.2. The van der Waals surface area contributed by atoms with Gasteiger partial charge in [-0.2, -0.15) is 4.31 Å². The summed E-state index contributed by atoms with van der Waals surface area (Å²) < 4.78 is 32.4. The summed E-state index contributed by atoms with van der Waals surface area (Å²) in [6.07, 6.45) is 2.22. The molecule has 134 valence electrons. The molecule has 0 aliphatic heterocycles. The van der Waals surface area contributed by atoms with E-state index in [0.717, 1.165) is 12.8 Å². The first-order chi connectivity index (χ1) is 11.4. The van der Waals surface area contributed by atoms with Gasteiger partial charge in [-0.25, -0.2) is 8.42 Å². The fraction of sp³-hybridized carbons (Fsp3) is 0.562. The third-order valence-electron chi connectivity index (χ3n) is 3.75. The zero-order valence-electron chi connectivity index (χ0n) is 14.3. The molecule has 8 heteroatoms. The van der Waals surface area contributed by atoms with Gasteiger partial charge in [-0.05, 0) is 50.2 Å². The van der Waals surface area contributed by atoms with E-state index in [-0.39, 0.29) is 4.90 Å². The lowest BCUT2D eigenvalue weighted by Gasteiger charge is -2.20. The second-order valence-electron chi connectivity index (χ2n) is 5.55. The molecule has 2 rings (SSSR count). The standard InChI is InChI=1S/C16H25N3O3S2/c1-4-19(5-2)24(20,21)13-9-10-15(22-6-3)14(11-13)18-16(23)17-12-7-8-12/h9-12H,4-8H2,1-3H3,(H2,17,18,23). The minimum Gasteiger partial charge on any atom is -0.492 e. The molecule has 1 saturated carbocycles. The lowest BCUT2D eigenvalue weighted by molar-refractivity contribution is 0.341. The highest BCUT2D eigenvalue weighted by Crippen LogP contribution is 2.29. The third-order valence-corrected chi connectivity index (χ3v) is 6.02. The number of thiocarbonyl (C=S) groups is 1. The summed E-state index contributed by atoms with van der Waals surface area (Å²) in [5, 5.41) is 6.73. The van der Waals surface area contributed by atoms with Crippen molar-refractivity contribution in [2.75, 3.05) is 25.0 Å². The van der Waals surface area contributed by atoms with Crippen LogP contribution in [0.25, 0.3) is 0 Å². The average molecular weight is 372 g/mol. The SMILES string of the molecule is CCOc1ccc(S(=O)(=O)N(CC)CC)cc1NC(=S)NC1CC1. The first-order valence-electron chi connectivity index (χ1n) is 8.26. The lowest BCUT2D eigenvalue weighted by Crippen LogP contribution is -2.31. The van der Waals surface area contributed by atoms with Crippen LogP contribution in [-0.4, -0.2) is 43.6 Å². The van der Waals surface area contributed by atoms with Crippen LogP contribution in [0.5, 0.6) is 5.75 Å². The molecule has 1 aromatic rings. The molecule has 24 heavy (non-hydrogen) atoms. The largest absolute Gasteiger partial charge is 0.492 e. The minimum atomic E-state index is -3.53. The molecule has 1 aliphatic rings. The molecule has 0 bridgehead atoms. The Bertz CT molecular complexity index is 684. The van der Waals surface area contributed by atoms with E-state index in [4.69, 9.17) is 17.0 Å². The molecule has 1 aromatic carbocycles. The van der Waals surface area contributed by atoms with Crippen molar-refractivity contribution in [1.82, 2.24) is 9.62 Å². The Kier molecular flexibility index (Phi) is 6.42. The molecular formula is C16H25N3O3S2. The van der Waals surface area contributed by atoms with Crippen LogP contribution in [0.1, 0.15) is 33.6 Å². The van der Waals surface area contributed by atoms with Crippen molar-refractivity contribution < 1.29 is 13.2 Å². The monoisotopic (exact) mass is 371 g/mol. The molecule has 0 heterocycles. The van der Waals surface area contributed by atoms with Gasteiger partial charge in [0.2, 0.25) is 10.0 Å². The van der Waals surface area contributed by atoms with Crippen molar-refractivity contribution in [1.29, 1.82) is 0 Å². The summed E-state index contributed by atoms with van der Waals surface area (Å²) in [6.45, 7) is 6.87. The fourth-order valence-corrected chi connectivity index (χ4v) is 4.09. The van der Waals surface area contributed by atoms with Crippen LogP contribution in [0, 0.1) is 0 Å². The van der Waals surface area contributed by atoms with E-state index in [1.807, 2.05) is 20.8 Å².